The molecule has 1 fully saturated rings. The summed E-state index contributed by atoms with van der Waals surface area (Å²) in [7, 11) is 0. The first kappa shape index (κ1) is 13.2. The van der Waals surface area contributed by atoms with E-state index in [0.29, 0.717) is 30.1 Å². The Bertz CT molecular complexity index is 421. The van der Waals surface area contributed by atoms with Crippen LogP contribution in [0.1, 0.15) is 39.5 Å². The maximum Gasteiger partial charge on any atom is 0.158 e. The van der Waals surface area contributed by atoms with Crippen molar-refractivity contribution in [3.8, 4) is 0 Å². The highest BCUT2D eigenvalue weighted by atomic mass is 16.3. The van der Waals surface area contributed by atoms with Crippen molar-refractivity contribution in [2.75, 3.05) is 0 Å². The Morgan fingerprint density at radius 2 is 1.94 bits per heavy atom. The van der Waals surface area contributed by atoms with Crippen LogP contribution in [0.2, 0.25) is 0 Å². The normalized spacial score (nSPS) is 29.8. The van der Waals surface area contributed by atoms with Crippen LogP contribution < -0.4 is 0 Å². The first-order valence-electron chi connectivity index (χ1n) is 6.63. The van der Waals surface area contributed by atoms with Gasteiger partial charge in [0, 0.05) is 24.3 Å². The number of ketones is 2. The van der Waals surface area contributed by atoms with Crippen molar-refractivity contribution >= 4 is 11.6 Å². The Labute approximate surface area is 108 Å². The predicted molar refractivity (Wildman–Crippen MR) is 69.0 cm³/mol. The van der Waals surface area contributed by atoms with Gasteiger partial charge in [0.15, 0.2) is 5.78 Å². The maximum absolute atomic E-state index is 11.5. The molecule has 0 spiro atoms. The van der Waals surface area contributed by atoms with E-state index in [1.54, 1.807) is 0 Å². The fourth-order valence-electron chi connectivity index (χ4n) is 2.83. The summed E-state index contributed by atoms with van der Waals surface area (Å²) in [5.41, 5.74) is 1.64. The quantitative estimate of drug-likeness (QED) is 0.815. The van der Waals surface area contributed by atoms with Gasteiger partial charge in [-0.25, -0.2) is 0 Å². The van der Waals surface area contributed by atoms with Crippen molar-refractivity contribution in [3.63, 3.8) is 0 Å². The second kappa shape index (κ2) is 5.19. The smallest absolute Gasteiger partial charge is 0.158 e. The Morgan fingerprint density at radius 1 is 1.33 bits per heavy atom. The van der Waals surface area contributed by atoms with Crippen LogP contribution in [0.5, 0.6) is 0 Å². The lowest BCUT2D eigenvalue weighted by molar-refractivity contribution is -0.120. The van der Waals surface area contributed by atoms with E-state index in [1.165, 1.54) is 6.92 Å². The van der Waals surface area contributed by atoms with Gasteiger partial charge < -0.3 is 5.11 Å². The first-order valence-corrected chi connectivity index (χ1v) is 6.63. The molecule has 2 rings (SSSR count). The van der Waals surface area contributed by atoms with E-state index in [0.717, 1.165) is 18.4 Å². The van der Waals surface area contributed by atoms with Crippen molar-refractivity contribution in [1.82, 2.24) is 0 Å². The average Bonchev–Trinajstić information content (AvgIpc) is 2.33. The highest BCUT2D eigenvalue weighted by molar-refractivity contribution is 5.95. The van der Waals surface area contributed by atoms with E-state index in [-0.39, 0.29) is 11.7 Å². The molecule has 1 N–H and O–H groups in total. The molecule has 0 aliphatic heterocycles. The van der Waals surface area contributed by atoms with Crippen LogP contribution in [0, 0.1) is 11.8 Å². The van der Waals surface area contributed by atoms with Crippen molar-refractivity contribution in [1.29, 1.82) is 0 Å². The molecule has 1 saturated carbocycles. The van der Waals surface area contributed by atoms with Gasteiger partial charge >= 0.3 is 0 Å². The van der Waals surface area contributed by atoms with Crippen LogP contribution in [0.4, 0.5) is 0 Å². The third kappa shape index (κ3) is 2.61. The van der Waals surface area contributed by atoms with Crippen LogP contribution in [-0.4, -0.2) is 22.8 Å². The lowest BCUT2D eigenvalue weighted by Gasteiger charge is -2.29. The topological polar surface area (TPSA) is 54.4 Å². The van der Waals surface area contributed by atoms with Gasteiger partial charge in [-0.3, -0.25) is 9.59 Å². The molecule has 3 heteroatoms. The van der Waals surface area contributed by atoms with Gasteiger partial charge in [-0.2, -0.15) is 0 Å². The summed E-state index contributed by atoms with van der Waals surface area (Å²) in [6.45, 7) is 3.42. The molecule has 0 aromatic carbocycles. The number of rotatable bonds is 2. The molecule has 0 radical (unpaired) electrons. The Morgan fingerprint density at radius 3 is 2.50 bits per heavy atom. The van der Waals surface area contributed by atoms with E-state index in [2.05, 4.69) is 6.08 Å². The Hall–Kier alpha value is -1.22. The standard InChI is InChI=1S/C15H20O3/c1-9-7-12(8-14(10(2)16)15(9)18)11-3-5-13(17)6-4-11/h7-9,11,15,18H,3-6H2,1-2H3. The fraction of sp³-hybridized carbons (Fsp3) is 0.600. The average molecular weight is 248 g/mol. The molecule has 0 bridgehead atoms. The van der Waals surface area contributed by atoms with Crippen molar-refractivity contribution < 1.29 is 14.7 Å². The van der Waals surface area contributed by atoms with Gasteiger partial charge in [-0.05, 0) is 37.3 Å². The lowest BCUT2D eigenvalue weighted by atomic mass is 9.77. The van der Waals surface area contributed by atoms with Gasteiger partial charge in [0.05, 0.1) is 6.10 Å². The van der Waals surface area contributed by atoms with E-state index in [1.807, 2.05) is 13.0 Å². The number of hydrogen-bond donors (Lipinski definition) is 1. The molecule has 3 nitrogen and oxygen atoms in total. The van der Waals surface area contributed by atoms with E-state index < -0.39 is 6.10 Å². The van der Waals surface area contributed by atoms with Crippen molar-refractivity contribution in [2.45, 2.75) is 45.6 Å². The third-order valence-corrected chi connectivity index (χ3v) is 4.02. The number of allylic oxidation sites excluding steroid dienone is 2. The van der Waals surface area contributed by atoms with Crippen LogP contribution in [0.15, 0.2) is 23.3 Å². The number of Topliss-reactive ketones (excluding diaryl/α,β-unsaturated/α-hetero) is 2. The lowest BCUT2D eigenvalue weighted by Crippen LogP contribution is -2.28. The highest BCUT2D eigenvalue weighted by Gasteiger charge is 2.29. The zero-order valence-electron chi connectivity index (χ0n) is 11.0. The SMILES string of the molecule is CC(=O)C1=CC(C2CCC(=O)CC2)=CC(C)C1O. The second-order valence-corrected chi connectivity index (χ2v) is 5.44. The minimum Gasteiger partial charge on any atom is -0.388 e. The molecule has 0 amide bonds. The number of aliphatic hydroxyl groups is 1. The van der Waals surface area contributed by atoms with Crippen LogP contribution in [0.3, 0.4) is 0 Å². The van der Waals surface area contributed by atoms with E-state index in [9.17, 15) is 14.7 Å². The molecule has 2 aliphatic rings. The molecule has 0 aromatic rings. The summed E-state index contributed by atoms with van der Waals surface area (Å²) in [5, 5.41) is 9.98. The Kier molecular flexibility index (Phi) is 3.81. The van der Waals surface area contributed by atoms with E-state index >= 15 is 0 Å². The third-order valence-electron chi connectivity index (χ3n) is 4.02. The fourth-order valence-corrected chi connectivity index (χ4v) is 2.83. The van der Waals surface area contributed by atoms with E-state index in [4.69, 9.17) is 0 Å². The first-order chi connectivity index (χ1) is 8.49. The predicted octanol–water partition coefficient (Wildman–Crippen LogP) is 2.20. The number of aliphatic hydroxyl groups excluding tert-OH is 1. The van der Waals surface area contributed by atoms with Crippen LogP contribution in [0.25, 0.3) is 0 Å². The summed E-state index contributed by atoms with van der Waals surface area (Å²) in [4.78, 5) is 22.8. The zero-order valence-corrected chi connectivity index (χ0v) is 11.0. The molecular formula is C15H20O3. The van der Waals surface area contributed by atoms with Gasteiger partial charge in [0.25, 0.3) is 0 Å². The molecule has 0 heterocycles. The zero-order chi connectivity index (χ0) is 13.3. The summed E-state index contributed by atoms with van der Waals surface area (Å²) < 4.78 is 0. The summed E-state index contributed by atoms with van der Waals surface area (Å²) in [6.07, 6.45) is 6.23. The molecule has 0 saturated heterocycles. The van der Waals surface area contributed by atoms with Crippen LogP contribution >= 0.6 is 0 Å². The molecule has 2 unspecified atom stereocenters. The molecular weight excluding hydrogens is 228 g/mol. The Balaban J connectivity index is 2.20. The highest BCUT2D eigenvalue weighted by Crippen LogP contribution is 2.34. The molecule has 18 heavy (non-hydrogen) atoms. The van der Waals surface area contributed by atoms with Crippen LogP contribution in [-0.2, 0) is 9.59 Å². The summed E-state index contributed by atoms with van der Waals surface area (Å²) in [6, 6.07) is 0. The van der Waals surface area contributed by atoms with Gasteiger partial charge in [-0.1, -0.05) is 13.0 Å². The number of hydrogen-bond acceptors (Lipinski definition) is 3. The summed E-state index contributed by atoms with van der Waals surface area (Å²) in [5.74, 6) is 0.617. The summed E-state index contributed by atoms with van der Waals surface area (Å²) >= 11 is 0. The monoisotopic (exact) mass is 248 g/mol. The molecule has 2 aliphatic carbocycles. The minimum atomic E-state index is -0.684. The van der Waals surface area contributed by atoms with Gasteiger partial charge in [0.2, 0.25) is 0 Å². The van der Waals surface area contributed by atoms with Crippen molar-refractivity contribution in [2.24, 2.45) is 11.8 Å². The number of carbonyl (C=O) groups is 2. The maximum atomic E-state index is 11.5. The molecule has 98 valence electrons. The van der Waals surface area contributed by atoms with Crippen molar-refractivity contribution in [3.05, 3.63) is 23.3 Å². The molecule has 0 aromatic heterocycles. The minimum absolute atomic E-state index is 0.0264. The largest absolute Gasteiger partial charge is 0.388 e. The molecule has 2 atom stereocenters. The number of carbonyl (C=O) groups excluding carboxylic acids is 2. The van der Waals surface area contributed by atoms with Gasteiger partial charge in [0.1, 0.15) is 5.78 Å². The van der Waals surface area contributed by atoms with Gasteiger partial charge in [-0.15, -0.1) is 0 Å². The second-order valence-electron chi connectivity index (χ2n) is 5.44.